The zero-order valence-corrected chi connectivity index (χ0v) is 12.8. The monoisotopic (exact) mass is 341 g/mol. The average Bonchev–Trinajstić information content (AvgIpc) is 3.00. The Kier molecular flexibility index (Phi) is 9.02. The molecule has 1 aliphatic carbocycles. The van der Waals surface area contributed by atoms with E-state index in [-0.39, 0.29) is 24.0 Å². The van der Waals surface area contributed by atoms with Crippen molar-refractivity contribution in [1.82, 2.24) is 10.6 Å². The number of nitrogens with one attached hydrogen (secondary N) is 2. The van der Waals surface area contributed by atoms with Crippen LogP contribution in [0.25, 0.3) is 0 Å². The Balaban J connectivity index is 0.00000225. The van der Waals surface area contributed by atoms with Crippen LogP contribution < -0.4 is 10.6 Å². The third-order valence-corrected chi connectivity index (χ3v) is 2.57. The Morgan fingerprint density at radius 3 is 2.69 bits per heavy atom. The minimum atomic E-state index is 0. The van der Waals surface area contributed by atoms with E-state index in [4.69, 9.17) is 4.74 Å². The van der Waals surface area contributed by atoms with Crippen molar-refractivity contribution in [3.63, 3.8) is 0 Å². The van der Waals surface area contributed by atoms with E-state index in [1.54, 1.807) is 14.2 Å². The molecule has 0 amide bonds. The Hall–Kier alpha value is -0.0400. The van der Waals surface area contributed by atoms with Gasteiger partial charge in [-0.25, -0.2) is 0 Å². The van der Waals surface area contributed by atoms with Gasteiger partial charge >= 0.3 is 0 Å². The highest BCUT2D eigenvalue weighted by atomic mass is 127. The summed E-state index contributed by atoms with van der Waals surface area (Å²) in [5, 5.41) is 6.59. The van der Waals surface area contributed by atoms with E-state index in [2.05, 4.69) is 22.5 Å². The maximum Gasteiger partial charge on any atom is 0.191 e. The third kappa shape index (κ3) is 7.27. The van der Waals surface area contributed by atoms with Crippen LogP contribution in [0.3, 0.4) is 0 Å². The number of hydrogen-bond acceptors (Lipinski definition) is 2. The van der Waals surface area contributed by atoms with E-state index in [9.17, 15) is 0 Å². The van der Waals surface area contributed by atoms with Gasteiger partial charge < -0.3 is 15.4 Å². The van der Waals surface area contributed by atoms with Crippen molar-refractivity contribution in [2.75, 3.05) is 27.3 Å². The van der Waals surface area contributed by atoms with E-state index in [0.717, 1.165) is 18.4 Å². The molecule has 1 aliphatic rings. The van der Waals surface area contributed by atoms with Crippen molar-refractivity contribution in [1.29, 1.82) is 0 Å². The minimum Gasteiger partial charge on any atom is -0.383 e. The van der Waals surface area contributed by atoms with Gasteiger partial charge in [0, 0.05) is 26.7 Å². The molecule has 1 fully saturated rings. The molecule has 0 heterocycles. The summed E-state index contributed by atoms with van der Waals surface area (Å²) in [7, 11) is 3.51. The first-order valence-electron chi connectivity index (χ1n) is 5.72. The van der Waals surface area contributed by atoms with Crippen molar-refractivity contribution in [2.24, 2.45) is 10.9 Å². The number of guanidine groups is 1. The number of aliphatic imine (C=N–C) groups is 1. The van der Waals surface area contributed by atoms with Crippen LogP contribution in [0.4, 0.5) is 0 Å². The standard InChI is InChI=1S/C11H23N3O.HI/c1-9(8-15-3)14-11(12-2)13-7-6-10-4-5-10;/h9-10H,4-8H2,1-3H3,(H2,12,13,14);1H. The maximum atomic E-state index is 5.06. The number of nitrogens with zero attached hydrogens (tertiary/aromatic N) is 1. The van der Waals surface area contributed by atoms with Crippen LogP contribution in [-0.2, 0) is 4.74 Å². The molecule has 0 aliphatic heterocycles. The fraction of sp³-hybridized carbons (Fsp3) is 0.909. The van der Waals surface area contributed by atoms with Crippen molar-refractivity contribution in [2.45, 2.75) is 32.2 Å². The highest BCUT2D eigenvalue weighted by molar-refractivity contribution is 14.0. The summed E-state index contributed by atoms with van der Waals surface area (Å²) in [4.78, 5) is 4.17. The van der Waals surface area contributed by atoms with E-state index in [1.165, 1.54) is 19.3 Å². The highest BCUT2D eigenvalue weighted by Gasteiger charge is 2.20. The molecule has 0 aromatic heterocycles. The average molecular weight is 341 g/mol. The molecule has 0 aromatic carbocycles. The quantitative estimate of drug-likeness (QED) is 0.438. The van der Waals surface area contributed by atoms with Crippen LogP contribution in [-0.4, -0.2) is 39.3 Å². The van der Waals surface area contributed by atoms with E-state index in [0.29, 0.717) is 12.6 Å². The molecule has 1 atom stereocenters. The fourth-order valence-electron chi connectivity index (χ4n) is 1.52. The lowest BCUT2D eigenvalue weighted by molar-refractivity contribution is 0.179. The van der Waals surface area contributed by atoms with Crippen molar-refractivity contribution < 1.29 is 4.74 Å². The zero-order chi connectivity index (χ0) is 11.1. The largest absolute Gasteiger partial charge is 0.383 e. The van der Waals surface area contributed by atoms with Gasteiger partial charge in [-0.3, -0.25) is 4.99 Å². The first-order chi connectivity index (χ1) is 7.26. The van der Waals surface area contributed by atoms with Crippen molar-refractivity contribution >= 4 is 29.9 Å². The fourth-order valence-corrected chi connectivity index (χ4v) is 1.52. The van der Waals surface area contributed by atoms with Crippen LogP contribution in [0.15, 0.2) is 4.99 Å². The van der Waals surface area contributed by atoms with Crippen molar-refractivity contribution in [3.05, 3.63) is 0 Å². The summed E-state index contributed by atoms with van der Waals surface area (Å²) in [6.45, 7) is 3.80. The molecule has 0 aromatic rings. The Labute approximate surface area is 116 Å². The number of halogens is 1. The summed E-state index contributed by atoms with van der Waals surface area (Å²) in [5.41, 5.74) is 0. The molecule has 4 nitrogen and oxygen atoms in total. The van der Waals surface area contributed by atoms with Crippen LogP contribution >= 0.6 is 24.0 Å². The third-order valence-electron chi connectivity index (χ3n) is 2.57. The summed E-state index contributed by atoms with van der Waals surface area (Å²) in [6.07, 6.45) is 4.08. The number of hydrogen-bond donors (Lipinski definition) is 2. The summed E-state index contributed by atoms with van der Waals surface area (Å²) < 4.78 is 5.06. The van der Waals surface area contributed by atoms with Gasteiger partial charge in [-0.05, 0) is 19.3 Å². The second kappa shape index (κ2) is 9.04. The Morgan fingerprint density at radius 2 is 2.19 bits per heavy atom. The van der Waals surface area contributed by atoms with Gasteiger partial charge in [0.05, 0.1) is 6.61 Å². The summed E-state index contributed by atoms with van der Waals surface area (Å²) in [5.74, 6) is 1.84. The molecule has 0 radical (unpaired) electrons. The zero-order valence-electron chi connectivity index (χ0n) is 10.5. The van der Waals surface area contributed by atoms with Gasteiger partial charge in [-0.15, -0.1) is 24.0 Å². The van der Waals surface area contributed by atoms with Gasteiger partial charge in [0.15, 0.2) is 5.96 Å². The SMILES string of the molecule is CN=C(NCCC1CC1)NC(C)COC.I. The lowest BCUT2D eigenvalue weighted by Gasteiger charge is -2.16. The molecule has 96 valence electrons. The van der Waals surface area contributed by atoms with Crippen molar-refractivity contribution in [3.8, 4) is 0 Å². The van der Waals surface area contributed by atoms with Gasteiger partial charge in [0.25, 0.3) is 0 Å². The van der Waals surface area contributed by atoms with Crippen LogP contribution in [0, 0.1) is 5.92 Å². The van der Waals surface area contributed by atoms with E-state index < -0.39 is 0 Å². The predicted molar refractivity (Wildman–Crippen MR) is 78.6 cm³/mol. The molecule has 2 N–H and O–H groups in total. The Morgan fingerprint density at radius 1 is 1.50 bits per heavy atom. The maximum absolute atomic E-state index is 5.06. The van der Waals surface area contributed by atoms with E-state index in [1.807, 2.05) is 0 Å². The summed E-state index contributed by atoms with van der Waals surface area (Å²) >= 11 is 0. The second-order valence-electron chi connectivity index (χ2n) is 4.23. The molecular formula is C11H24IN3O. The van der Waals surface area contributed by atoms with Crippen LogP contribution in [0.1, 0.15) is 26.2 Å². The topological polar surface area (TPSA) is 45.7 Å². The van der Waals surface area contributed by atoms with Gasteiger partial charge in [-0.2, -0.15) is 0 Å². The molecule has 5 heteroatoms. The first-order valence-corrected chi connectivity index (χ1v) is 5.72. The number of ether oxygens (including phenoxy) is 1. The molecule has 0 bridgehead atoms. The molecule has 1 unspecified atom stereocenters. The number of methoxy groups -OCH3 is 1. The van der Waals surface area contributed by atoms with Gasteiger partial charge in [0.1, 0.15) is 0 Å². The molecule has 1 saturated carbocycles. The Bertz CT molecular complexity index is 207. The molecule has 16 heavy (non-hydrogen) atoms. The van der Waals surface area contributed by atoms with E-state index >= 15 is 0 Å². The molecule has 0 spiro atoms. The first kappa shape index (κ1) is 16.0. The lowest BCUT2D eigenvalue weighted by atomic mass is 10.3. The van der Waals surface area contributed by atoms with Gasteiger partial charge in [0.2, 0.25) is 0 Å². The molecule has 1 rings (SSSR count). The summed E-state index contributed by atoms with van der Waals surface area (Å²) in [6, 6.07) is 0.294. The minimum absolute atomic E-state index is 0. The second-order valence-corrected chi connectivity index (χ2v) is 4.23. The number of rotatable bonds is 6. The highest BCUT2D eigenvalue weighted by Crippen LogP contribution is 2.31. The molecular weight excluding hydrogens is 317 g/mol. The van der Waals surface area contributed by atoms with Crippen LogP contribution in [0.5, 0.6) is 0 Å². The van der Waals surface area contributed by atoms with Gasteiger partial charge in [-0.1, -0.05) is 12.8 Å². The van der Waals surface area contributed by atoms with Crippen LogP contribution in [0.2, 0.25) is 0 Å². The molecule has 0 saturated heterocycles. The smallest absolute Gasteiger partial charge is 0.191 e. The predicted octanol–water partition coefficient (Wildman–Crippen LogP) is 1.60. The normalized spacial score (nSPS) is 17.6. The lowest BCUT2D eigenvalue weighted by Crippen LogP contribution is -2.44.